The Bertz CT molecular complexity index is 1100. The lowest BCUT2D eigenvalue weighted by Crippen LogP contribution is -2.49. The predicted molar refractivity (Wildman–Crippen MR) is 119 cm³/mol. The van der Waals surface area contributed by atoms with Crippen molar-refractivity contribution in [3.63, 3.8) is 0 Å². The first-order chi connectivity index (χ1) is 14.7. The van der Waals surface area contributed by atoms with Crippen LogP contribution in [0.3, 0.4) is 0 Å². The van der Waals surface area contributed by atoms with Gasteiger partial charge in [-0.25, -0.2) is 13.9 Å². The molecule has 2 aromatic carbocycles. The molecule has 3 N–H and O–H groups in total. The highest BCUT2D eigenvalue weighted by molar-refractivity contribution is 7.92. The van der Waals surface area contributed by atoms with Gasteiger partial charge in [0.15, 0.2) is 9.84 Å². The molecule has 0 bridgehead atoms. The number of carbonyl (C=O) groups excluding carboxylic acids is 1. The molecule has 6 nitrogen and oxygen atoms in total. The second-order valence-electron chi connectivity index (χ2n) is 8.27. The fourth-order valence-electron chi connectivity index (χ4n) is 3.38. The van der Waals surface area contributed by atoms with Gasteiger partial charge in [0.1, 0.15) is 4.75 Å². The monoisotopic (exact) mass is 441 g/mol. The molecule has 1 aliphatic carbocycles. The third kappa shape index (κ3) is 5.34. The number of hydroxylamine groups is 1. The van der Waals surface area contributed by atoms with Crippen molar-refractivity contribution in [2.45, 2.75) is 30.9 Å². The molecule has 3 rings (SSSR count). The Hall–Kier alpha value is -2.66. The van der Waals surface area contributed by atoms with Crippen LogP contribution in [0.2, 0.25) is 0 Å². The zero-order valence-corrected chi connectivity index (χ0v) is 18.4. The molecule has 0 aliphatic heterocycles. The van der Waals surface area contributed by atoms with Crippen molar-refractivity contribution in [2.75, 3.05) is 12.9 Å². The van der Waals surface area contributed by atoms with Crippen molar-refractivity contribution >= 4 is 15.7 Å². The number of aliphatic hydroxyl groups excluding tert-OH is 1. The summed E-state index contributed by atoms with van der Waals surface area (Å²) in [6, 6.07) is 15.7. The van der Waals surface area contributed by atoms with Gasteiger partial charge in [-0.2, -0.15) is 0 Å². The van der Waals surface area contributed by atoms with E-state index in [9.17, 15) is 13.2 Å². The van der Waals surface area contributed by atoms with Gasteiger partial charge in [0.25, 0.3) is 5.91 Å². The Morgan fingerprint density at radius 1 is 1.13 bits per heavy atom. The van der Waals surface area contributed by atoms with Crippen LogP contribution in [-0.4, -0.2) is 42.2 Å². The summed E-state index contributed by atoms with van der Waals surface area (Å²) in [4.78, 5) is 11.9. The van der Waals surface area contributed by atoms with Gasteiger partial charge >= 0.3 is 0 Å². The van der Waals surface area contributed by atoms with Crippen LogP contribution in [0.1, 0.15) is 30.9 Å². The lowest BCUT2D eigenvalue weighted by Gasteiger charge is -2.25. The van der Waals surface area contributed by atoms with E-state index in [1.54, 1.807) is 0 Å². The maximum Gasteiger partial charge on any atom is 0.264 e. The van der Waals surface area contributed by atoms with Crippen LogP contribution in [0.15, 0.2) is 48.5 Å². The fourth-order valence-corrected chi connectivity index (χ4v) is 4.24. The average Bonchev–Trinajstić information content (AvgIpc) is 3.54. The van der Waals surface area contributed by atoms with Crippen LogP contribution < -0.4 is 5.48 Å². The summed E-state index contributed by atoms with van der Waals surface area (Å²) in [6.45, 7) is 1.52. The van der Waals surface area contributed by atoms with Crippen molar-refractivity contribution < 1.29 is 23.5 Å². The molecule has 7 heteroatoms. The van der Waals surface area contributed by atoms with Gasteiger partial charge in [-0.3, -0.25) is 10.0 Å². The first-order valence-corrected chi connectivity index (χ1v) is 12.0. The maximum absolute atomic E-state index is 12.1. The van der Waals surface area contributed by atoms with Crippen molar-refractivity contribution in [3.05, 3.63) is 59.7 Å². The summed E-state index contributed by atoms with van der Waals surface area (Å²) in [7, 11) is -3.71. The smallest absolute Gasteiger partial charge is 0.264 e. The lowest BCUT2D eigenvalue weighted by atomic mass is 9.97. The fraction of sp³-hybridized carbons (Fsp3) is 0.375. The van der Waals surface area contributed by atoms with Gasteiger partial charge in [0, 0.05) is 24.3 Å². The van der Waals surface area contributed by atoms with Crippen LogP contribution in [0.25, 0.3) is 11.1 Å². The number of aryl methyl sites for hydroxylation is 1. The number of benzene rings is 2. The molecule has 1 amide bonds. The molecule has 0 saturated heterocycles. The average molecular weight is 442 g/mol. The van der Waals surface area contributed by atoms with Gasteiger partial charge in [-0.1, -0.05) is 48.2 Å². The first kappa shape index (κ1) is 23.0. The van der Waals surface area contributed by atoms with Gasteiger partial charge < -0.3 is 5.11 Å². The molecule has 2 aromatic rings. The number of nitrogens with one attached hydrogen (secondary N) is 1. The van der Waals surface area contributed by atoms with Crippen molar-refractivity contribution in [2.24, 2.45) is 11.8 Å². The number of amides is 1. The normalized spacial score (nSPS) is 19.6. The molecule has 1 saturated carbocycles. The van der Waals surface area contributed by atoms with E-state index < -0.39 is 20.5 Å². The number of hydrogen-bond donors (Lipinski definition) is 3. The van der Waals surface area contributed by atoms with Crippen LogP contribution >= 0.6 is 0 Å². The molecule has 1 unspecified atom stereocenters. The van der Waals surface area contributed by atoms with Gasteiger partial charge in [-0.15, -0.1) is 0 Å². The van der Waals surface area contributed by atoms with Crippen molar-refractivity contribution in [1.82, 2.24) is 5.48 Å². The van der Waals surface area contributed by atoms with Gasteiger partial charge in [0.05, 0.1) is 0 Å². The predicted octanol–water partition coefficient (Wildman–Crippen LogP) is 2.57. The second-order valence-corrected chi connectivity index (χ2v) is 10.7. The largest absolute Gasteiger partial charge is 0.396 e. The lowest BCUT2D eigenvalue weighted by molar-refractivity contribution is -0.131. The highest BCUT2D eigenvalue weighted by Crippen LogP contribution is 2.37. The van der Waals surface area contributed by atoms with Crippen LogP contribution in [0.5, 0.6) is 0 Å². The summed E-state index contributed by atoms with van der Waals surface area (Å²) in [5, 5.41) is 18.0. The molecule has 164 valence electrons. The van der Waals surface area contributed by atoms with Crippen molar-refractivity contribution in [1.29, 1.82) is 0 Å². The van der Waals surface area contributed by atoms with Crippen LogP contribution in [0.4, 0.5) is 0 Å². The standard InChI is InChI=1S/C24H27NO5S/c1-24(23(27)25-28,31(2,29)30)14-13-18-5-10-20(11-6-18)19-8-3-17(4-9-19)7-12-21-15-22(21)16-26/h3-6,8-11,21-22,26,28H,13-16H2,1-2H3,(H,25,27)/t21-,22-,24?/m1/s1. The molecule has 31 heavy (non-hydrogen) atoms. The summed E-state index contributed by atoms with van der Waals surface area (Å²) < 4.78 is 22.4. The Balaban J connectivity index is 1.65. The summed E-state index contributed by atoms with van der Waals surface area (Å²) in [5.41, 5.74) is 5.36. The van der Waals surface area contributed by atoms with Crippen LogP contribution in [-0.2, 0) is 21.1 Å². The number of sulfone groups is 1. The Labute approximate surface area is 183 Å². The zero-order chi connectivity index (χ0) is 22.6. The third-order valence-corrected chi connectivity index (χ3v) is 8.05. The van der Waals surface area contributed by atoms with E-state index in [1.807, 2.05) is 48.5 Å². The Morgan fingerprint density at radius 2 is 1.71 bits per heavy atom. The zero-order valence-electron chi connectivity index (χ0n) is 17.6. The Kier molecular flexibility index (Phi) is 6.85. The van der Waals surface area contributed by atoms with E-state index in [0.717, 1.165) is 34.9 Å². The summed E-state index contributed by atoms with van der Waals surface area (Å²) in [6.07, 6.45) is 2.40. The molecule has 0 radical (unpaired) electrons. The molecule has 1 aliphatic rings. The summed E-state index contributed by atoms with van der Waals surface area (Å²) >= 11 is 0. The minimum Gasteiger partial charge on any atom is -0.396 e. The number of aliphatic hydroxyl groups is 1. The van der Waals surface area contributed by atoms with E-state index >= 15 is 0 Å². The topological polar surface area (TPSA) is 104 Å². The van der Waals surface area contributed by atoms with Gasteiger partial charge in [-0.05, 0) is 60.9 Å². The highest BCUT2D eigenvalue weighted by atomic mass is 32.2. The minimum atomic E-state index is -3.71. The highest BCUT2D eigenvalue weighted by Gasteiger charge is 2.43. The molecular formula is C24H27NO5S. The van der Waals surface area contributed by atoms with E-state index in [4.69, 9.17) is 10.3 Å². The van der Waals surface area contributed by atoms with Crippen LogP contribution in [0, 0.1) is 23.7 Å². The molecule has 3 atom stereocenters. The number of carbonyl (C=O) groups is 1. The Morgan fingerprint density at radius 3 is 2.19 bits per heavy atom. The maximum atomic E-state index is 12.1. The van der Waals surface area contributed by atoms with Crippen molar-refractivity contribution in [3.8, 4) is 23.0 Å². The van der Waals surface area contributed by atoms with E-state index in [2.05, 4.69) is 11.8 Å². The molecule has 1 fully saturated rings. The van der Waals surface area contributed by atoms with E-state index in [-0.39, 0.29) is 13.0 Å². The first-order valence-electron chi connectivity index (χ1n) is 10.1. The number of hydrogen-bond acceptors (Lipinski definition) is 5. The molecule has 0 spiro atoms. The second kappa shape index (κ2) is 9.23. The van der Waals surface area contributed by atoms with E-state index in [0.29, 0.717) is 18.3 Å². The minimum absolute atomic E-state index is 0.0586. The summed E-state index contributed by atoms with van der Waals surface area (Å²) in [5.74, 6) is 6.06. The molecule has 0 aromatic heterocycles. The third-order valence-electron chi connectivity index (χ3n) is 6.02. The number of rotatable bonds is 7. The van der Waals surface area contributed by atoms with Gasteiger partial charge in [0.2, 0.25) is 0 Å². The molecule has 0 heterocycles. The quantitative estimate of drug-likeness (QED) is 0.348. The van der Waals surface area contributed by atoms with E-state index in [1.165, 1.54) is 12.4 Å². The SMILES string of the molecule is CC(CCc1ccc(-c2ccc(C#C[C@@H]3C[C@@H]3CO)cc2)cc1)(C(=O)NO)S(C)(=O)=O. The molecular weight excluding hydrogens is 414 g/mol.